The van der Waals surface area contributed by atoms with Crippen LogP contribution in [0.15, 0.2) is 30.9 Å². The van der Waals surface area contributed by atoms with Crippen LogP contribution in [0.3, 0.4) is 0 Å². The zero-order chi connectivity index (χ0) is 13.2. The number of carbonyl (C=O) groups excluding carboxylic acids is 1. The molecule has 0 atom stereocenters. The number of aromatic nitrogens is 3. The normalized spacial score (nSPS) is 14.2. The summed E-state index contributed by atoms with van der Waals surface area (Å²) in [6.07, 6.45) is 4.90. The first-order chi connectivity index (χ1) is 9.24. The number of fused-ring (bicyclic) bond motifs is 1. The molecule has 0 saturated carbocycles. The largest absolute Gasteiger partial charge is 0.399 e. The van der Waals surface area contributed by atoms with Crippen LogP contribution in [0, 0.1) is 0 Å². The lowest BCUT2D eigenvalue weighted by Gasteiger charge is -2.29. The van der Waals surface area contributed by atoms with Gasteiger partial charge in [0.25, 0.3) is 0 Å². The van der Waals surface area contributed by atoms with Crippen LogP contribution >= 0.6 is 0 Å². The SMILES string of the molecule is Nc1ccc2c(c1)CCCN2C(=O)Cn1cncn1. The third-order valence-electron chi connectivity index (χ3n) is 3.29. The Morgan fingerprint density at radius 1 is 1.42 bits per heavy atom. The molecule has 0 bridgehead atoms. The standard InChI is InChI=1S/C13H15N5O/c14-11-3-4-12-10(6-11)2-1-5-18(12)13(19)7-17-9-15-8-16-17/h3-4,6,8-9H,1-2,5,7,14H2. The number of rotatable bonds is 2. The van der Waals surface area contributed by atoms with E-state index in [2.05, 4.69) is 10.1 Å². The number of nitrogens with two attached hydrogens (primary N) is 1. The Balaban J connectivity index is 1.85. The first-order valence-corrected chi connectivity index (χ1v) is 6.25. The first kappa shape index (κ1) is 11.7. The number of anilines is 2. The van der Waals surface area contributed by atoms with E-state index in [1.54, 1.807) is 11.2 Å². The lowest BCUT2D eigenvalue weighted by molar-refractivity contribution is -0.119. The van der Waals surface area contributed by atoms with Crippen molar-refractivity contribution in [2.45, 2.75) is 19.4 Å². The minimum Gasteiger partial charge on any atom is -0.399 e. The minimum absolute atomic E-state index is 0.0243. The van der Waals surface area contributed by atoms with Crippen molar-refractivity contribution in [2.24, 2.45) is 0 Å². The number of aryl methyl sites for hydroxylation is 1. The number of hydrogen-bond donors (Lipinski definition) is 1. The molecule has 0 fully saturated rings. The monoisotopic (exact) mass is 257 g/mol. The van der Waals surface area contributed by atoms with E-state index in [-0.39, 0.29) is 12.5 Å². The zero-order valence-corrected chi connectivity index (χ0v) is 10.5. The molecule has 0 saturated heterocycles. The summed E-state index contributed by atoms with van der Waals surface area (Å²) in [6.45, 7) is 0.953. The van der Waals surface area contributed by atoms with Crippen LogP contribution in [0.25, 0.3) is 0 Å². The average Bonchev–Trinajstić information content (AvgIpc) is 2.90. The molecule has 2 N–H and O–H groups in total. The fourth-order valence-electron chi connectivity index (χ4n) is 2.41. The summed E-state index contributed by atoms with van der Waals surface area (Å²) in [5.74, 6) is 0.0243. The lowest BCUT2D eigenvalue weighted by Crippen LogP contribution is -2.37. The van der Waals surface area contributed by atoms with E-state index in [1.807, 2.05) is 18.2 Å². The predicted molar refractivity (Wildman–Crippen MR) is 71.6 cm³/mol. The Labute approximate surface area is 110 Å². The van der Waals surface area contributed by atoms with Crippen molar-refractivity contribution >= 4 is 17.3 Å². The highest BCUT2D eigenvalue weighted by molar-refractivity contribution is 5.94. The van der Waals surface area contributed by atoms with Crippen LogP contribution in [0.2, 0.25) is 0 Å². The average molecular weight is 257 g/mol. The summed E-state index contributed by atoms with van der Waals surface area (Å²) < 4.78 is 1.54. The van der Waals surface area contributed by atoms with Crippen molar-refractivity contribution in [1.82, 2.24) is 14.8 Å². The quantitative estimate of drug-likeness (QED) is 0.809. The fraction of sp³-hybridized carbons (Fsp3) is 0.308. The van der Waals surface area contributed by atoms with Crippen LogP contribution < -0.4 is 10.6 Å². The zero-order valence-electron chi connectivity index (χ0n) is 10.5. The van der Waals surface area contributed by atoms with Gasteiger partial charge < -0.3 is 10.6 Å². The highest BCUT2D eigenvalue weighted by Gasteiger charge is 2.22. The molecule has 3 rings (SSSR count). The molecule has 2 aromatic rings. The molecule has 1 aromatic heterocycles. The van der Waals surface area contributed by atoms with Crippen molar-refractivity contribution in [3.8, 4) is 0 Å². The maximum absolute atomic E-state index is 12.3. The van der Waals surface area contributed by atoms with Gasteiger partial charge in [0, 0.05) is 17.9 Å². The molecule has 1 aromatic carbocycles. The molecule has 6 nitrogen and oxygen atoms in total. The van der Waals surface area contributed by atoms with E-state index in [9.17, 15) is 4.79 Å². The second kappa shape index (κ2) is 4.72. The third-order valence-corrected chi connectivity index (χ3v) is 3.29. The van der Waals surface area contributed by atoms with Gasteiger partial charge in [-0.1, -0.05) is 0 Å². The van der Waals surface area contributed by atoms with Crippen molar-refractivity contribution in [1.29, 1.82) is 0 Å². The molecular formula is C13H15N5O. The van der Waals surface area contributed by atoms with Gasteiger partial charge in [0.05, 0.1) is 0 Å². The van der Waals surface area contributed by atoms with Gasteiger partial charge in [-0.25, -0.2) is 9.67 Å². The van der Waals surface area contributed by atoms with Gasteiger partial charge in [-0.2, -0.15) is 5.10 Å². The van der Waals surface area contributed by atoms with Gasteiger partial charge in [-0.3, -0.25) is 4.79 Å². The summed E-state index contributed by atoms with van der Waals surface area (Å²) in [5, 5.41) is 3.96. The Bertz CT molecular complexity index is 593. The molecule has 6 heteroatoms. The molecule has 0 aliphatic carbocycles. The topological polar surface area (TPSA) is 77.0 Å². The third kappa shape index (κ3) is 2.29. The number of nitrogens with zero attached hydrogens (tertiary/aromatic N) is 4. The Kier molecular flexibility index (Phi) is 2.91. The Morgan fingerprint density at radius 2 is 2.32 bits per heavy atom. The fourth-order valence-corrected chi connectivity index (χ4v) is 2.41. The van der Waals surface area contributed by atoms with E-state index >= 15 is 0 Å². The number of hydrogen-bond acceptors (Lipinski definition) is 4. The smallest absolute Gasteiger partial charge is 0.248 e. The van der Waals surface area contributed by atoms with Crippen LogP contribution in [0.5, 0.6) is 0 Å². The van der Waals surface area contributed by atoms with Gasteiger partial charge in [0.1, 0.15) is 19.2 Å². The molecule has 1 amide bonds. The van der Waals surface area contributed by atoms with E-state index in [1.165, 1.54) is 11.0 Å². The van der Waals surface area contributed by atoms with Crippen molar-refractivity contribution in [3.63, 3.8) is 0 Å². The van der Waals surface area contributed by atoms with Gasteiger partial charge in [0.15, 0.2) is 0 Å². The highest BCUT2D eigenvalue weighted by atomic mass is 16.2. The molecule has 98 valence electrons. The first-order valence-electron chi connectivity index (χ1n) is 6.25. The second-order valence-electron chi connectivity index (χ2n) is 4.63. The molecular weight excluding hydrogens is 242 g/mol. The van der Waals surface area contributed by atoms with E-state index < -0.39 is 0 Å². The lowest BCUT2D eigenvalue weighted by atomic mass is 10.0. The van der Waals surface area contributed by atoms with Crippen LogP contribution in [0.1, 0.15) is 12.0 Å². The number of nitrogen functional groups attached to an aromatic ring is 1. The molecule has 0 unspecified atom stereocenters. The van der Waals surface area contributed by atoms with Crippen molar-refractivity contribution in [3.05, 3.63) is 36.4 Å². The van der Waals surface area contributed by atoms with Crippen molar-refractivity contribution in [2.75, 3.05) is 17.2 Å². The summed E-state index contributed by atoms with van der Waals surface area (Å²) in [7, 11) is 0. The van der Waals surface area contributed by atoms with Gasteiger partial charge >= 0.3 is 0 Å². The van der Waals surface area contributed by atoms with E-state index in [0.717, 1.165) is 36.3 Å². The predicted octanol–water partition coefficient (Wildman–Crippen LogP) is 0.840. The van der Waals surface area contributed by atoms with E-state index in [4.69, 9.17) is 5.73 Å². The van der Waals surface area contributed by atoms with Crippen LogP contribution in [-0.4, -0.2) is 27.2 Å². The number of carbonyl (C=O) groups is 1. The summed E-state index contributed by atoms with van der Waals surface area (Å²) in [6, 6.07) is 5.70. The summed E-state index contributed by atoms with van der Waals surface area (Å²) >= 11 is 0. The maximum atomic E-state index is 12.3. The van der Waals surface area contributed by atoms with Gasteiger partial charge in [-0.05, 0) is 36.6 Å². The molecule has 0 radical (unpaired) electrons. The van der Waals surface area contributed by atoms with E-state index in [0.29, 0.717) is 0 Å². The van der Waals surface area contributed by atoms with Crippen molar-refractivity contribution < 1.29 is 4.79 Å². The molecule has 19 heavy (non-hydrogen) atoms. The Morgan fingerprint density at radius 3 is 3.11 bits per heavy atom. The molecule has 1 aliphatic rings. The number of benzene rings is 1. The van der Waals surface area contributed by atoms with Crippen LogP contribution in [-0.2, 0) is 17.8 Å². The molecule has 2 heterocycles. The summed E-state index contributed by atoms with van der Waals surface area (Å²) in [4.78, 5) is 18.0. The number of amides is 1. The summed E-state index contributed by atoms with van der Waals surface area (Å²) in [5.41, 5.74) is 8.63. The molecule has 0 spiro atoms. The van der Waals surface area contributed by atoms with Crippen LogP contribution in [0.4, 0.5) is 11.4 Å². The highest BCUT2D eigenvalue weighted by Crippen LogP contribution is 2.28. The minimum atomic E-state index is 0.0243. The van der Waals surface area contributed by atoms with Gasteiger partial charge in [-0.15, -0.1) is 0 Å². The molecule has 1 aliphatic heterocycles. The Hall–Kier alpha value is -2.37. The van der Waals surface area contributed by atoms with Gasteiger partial charge in [0.2, 0.25) is 5.91 Å². The maximum Gasteiger partial charge on any atom is 0.248 e. The second-order valence-corrected chi connectivity index (χ2v) is 4.63.